The zero-order valence-electron chi connectivity index (χ0n) is 6.80. The van der Waals surface area contributed by atoms with Gasteiger partial charge in [-0.3, -0.25) is 4.68 Å². The van der Waals surface area contributed by atoms with Crippen LogP contribution in [0.3, 0.4) is 0 Å². The first-order valence-electron chi connectivity index (χ1n) is 3.41. The molecule has 0 atom stereocenters. The first kappa shape index (κ1) is 9.25. The van der Waals surface area contributed by atoms with Crippen LogP contribution in [0.15, 0.2) is 4.47 Å². The Labute approximate surface area is 78.3 Å². The second-order valence-corrected chi connectivity index (χ2v) is 3.31. The molecule has 5 heteroatoms. The van der Waals surface area contributed by atoms with Crippen LogP contribution in [0, 0.1) is 13.8 Å². The van der Waals surface area contributed by atoms with Crippen molar-refractivity contribution in [2.24, 2.45) is 0 Å². The van der Waals surface area contributed by atoms with Crippen LogP contribution in [0.4, 0.5) is 0 Å². The molecule has 0 aliphatic carbocycles. The highest BCUT2D eigenvalue weighted by Gasteiger charge is 2.07. The molecular formula is C7H8BrN2O2-. The zero-order valence-corrected chi connectivity index (χ0v) is 8.38. The summed E-state index contributed by atoms with van der Waals surface area (Å²) in [5.74, 6) is -1.13. The summed E-state index contributed by atoms with van der Waals surface area (Å²) < 4.78 is 2.25. The SMILES string of the molecule is Cc1nn(CC(=O)[O-])c(C)c1Br. The van der Waals surface area contributed by atoms with E-state index in [9.17, 15) is 9.90 Å². The molecule has 1 aromatic rings. The van der Waals surface area contributed by atoms with Crippen molar-refractivity contribution in [3.8, 4) is 0 Å². The Kier molecular flexibility index (Phi) is 2.52. The van der Waals surface area contributed by atoms with Crippen molar-refractivity contribution < 1.29 is 9.90 Å². The van der Waals surface area contributed by atoms with Crippen molar-refractivity contribution in [1.29, 1.82) is 0 Å². The van der Waals surface area contributed by atoms with Crippen LogP contribution >= 0.6 is 15.9 Å². The minimum Gasteiger partial charge on any atom is -0.548 e. The van der Waals surface area contributed by atoms with E-state index < -0.39 is 5.97 Å². The van der Waals surface area contributed by atoms with Crippen LogP contribution < -0.4 is 5.11 Å². The average molecular weight is 232 g/mol. The summed E-state index contributed by atoms with van der Waals surface area (Å²) in [7, 11) is 0. The minimum atomic E-state index is -1.13. The monoisotopic (exact) mass is 231 g/mol. The number of hydrogen-bond acceptors (Lipinski definition) is 3. The Balaban J connectivity index is 3.01. The summed E-state index contributed by atoms with van der Waals surface area (Å²) in [6.07, 6.45) is 0. The minimum absolute atomic E-state index is 0.196. The molecule has 12 heavy (non-hydrogen) atoms. The molecule has 0 amide bonds. The summed E-state index contributed by atoms with van der Waals surface area (Å²) in [5.41, 5.74) is 1.59. The number of halogens is 1. The Hall–Kier alpha value is -0.840. The molecule has 0 aliphatic heterocycles. The van der Waals surface area contributed by atoms with Crippen molar-refractivity contribution in [3.05, 3.63) is 15.9 Å². The fraction of sp³-hybridized carbons (Fsp3) is 0.429. The third-order valence-corrected chi connectivity index (χ3v) is 2.72. The first-order valence-corrected chi connectivity index (χ1v) is 4.21. The molecule has 0 aliphatic rings. The molecular weight excluding hydrogens is 224 g/mol. The van der Waals surface area contributed by atoms with E-state index in [0.717, 1.165) is 15.9 Å². The standard InChI is InChI=1S/C7H9BrN2O2/c1-4-7(8)5(2)10(9-4)3-6(11)12/h3H2,1-2H3,(H,11,12)/p-1. The van der Waals surface area contributed by atoms with E-state index in [-0.39, 0.29) is 6.54 Å². The second kappa shape index (κ2) is 3.26. The molecule has 0 spiro atoms. The molecule has 0 unspecified atom stereocenters. The normalized spacial score (nSPS) is 10.2. The highest BCUT2D eigenvalue weighted by atomic mass is 79.9. The maximum Gasteiger partial charge on any atom is 0.0808 e. The van der Waals surface area contributed by atoms with Crippen molar-refractivity contribution in [2.75, 3.05) is 0 Å². The van der Waals surface area contributed by atoms with Gasteiger partial charge in [0.1, 0.15) is 0 Å². The second-order valence-electron chi connectivity index (χ2n) is 2.51. The van der Waals surface area contributed by atoms with Crippen LogP contribution in [0.5, 0.6) is 0 Å². The highest BCUT2D eigenvalue weighted by molar-refractivity contribution is 9.10. The molecule has 0 fully saturated rings. The molecule has 66 valence electrons. The lowest BCUT2D eigenvalue weighted by Crippen LogP contribution is -2.28. The lowest BCUT2D eigenvalue weighted by Gasteiger charge is -2.03. The first-order chi connectivity index (χ1) is 5.52. The number of rotatable bonds is 2. The van der Waals surface area contributed by atoms with Gasteiger partial charge in [-0.1, -0.05) is 0 Å². The third-order valence-electron chi connectivity index (χ3n) is 1.57. The van der Waals surface area contributed by atoms with E-state index in [1.807, 2.05) is 6.92 Å². The third kappa shape index (κ3) is 1.66. The van der Waals surface area contributed by atoms with E-state index in [0.29, 0.717) is 0 Å². The Morgan fingerprint density at radius 2 is 2.25 bits per heavy atom. The summed E-state index contributed by atoms with van der Waals surface area (Å²) >= 11 is 3.29. The average Bonchev–Trinajstić information content (AvgIpc) is 2.17. The van der Waals surface area contributed by atoms with E-state index in [1.54, 1.807) is 6.92 Å². The number of carboxylic acid groups (broad SMARTS) is 1. The number of hydrogen-bond donors (Lipinski definition) is 0. The maximum atomic E-state index is 10.3. The number of aryl methyl sites for hydroxylation is 1. The van der Waals surface area contributed by atoms with Crippen molar-refractivity contribution >= 4 is 21.9 Å². The maximum absolute atomic E-state index is 10.3. The summed E-state index contributed by atoms with van der Waals surface area (Å²) in [6.45, 7) is 3.41. The fourth-order valence-corrected chi connectivity index (χ4v) is 1.24. The molecule has 0 bridgehead atoms. The largest absolute Gasteiger partial charge is 0.548 e. The van der Waals surface area contributed by atoms with Gasteiger partial charge in [0, 0.05) is 0 Å². The molecule has 1 aromatic heterocycles. The van der Waals surface area contributed by atoms with Crippen LogP contribution in [0.2, 0.25) is 0 Å². The quantitative estimate of drug-likeness (QED) is 0.721. The Bertz CT molecular complexity index is 319. The van der Waals surface area contributed by atoms with Crippen LogP contribution in [-0.2, 0) is 11.3 Å². The molecule has 4 nitrogen and oxygen atoms in total. The number of nitrogens with zero attached hydrogens (tertiary/aromatic N) is 2. The van der Waals surface area contributed by atoms with Crippen molar-refractivity contribution in [2.45, 2.75) is 20.4 Å². The highest BCUT2D eigenvalue weighted by Crippen LogP contribution is 2.19. The Morgan fingerprint density at radius 3 is 2.58 bits per heavy atom. The number of carbonyl (C=O) groups is 1. The molecule has 1 heterocycles. The van der Waals surface area contributed by atoms with Gasteiger partial charge in [0.2, 0.25) is 0 Å². The van der Waals surface area contributed by atoms with Gasteiger partial charge in [0.15, 0.2) is 0 Å². The summed E-state index contributed by atoms with van der Waals surface area (Å²) in [5, 5.41) is 14.3. The predicted molar refractivity (Wildman–Crippen MR) is 44.4 cm³/mol. The number of aliphatic carboxylic acids is 1. The molecule has 0 aromatic carbocycles. The summed E-state index contributed by atoms with van der Waals surface area (Å²) in [4.78, 5) is 10.3. The van der Waals surface area contributed by atoms with Crippen LogP contribution in [0.1, 0.15) is 11.4 Å². The number of carbonyl (C=O) groups excluding carboxylic acids is 1. The Morgan fingerprint density at radius 1 is 1.67 bits per heavy atom. The molecule has 1 rings (SSSR count). The smallest absolute Gasteiger partial charge is 0.0808 e. The van der Waals surface area contributed by atoms with Crippen molar-refractivity contribution in [1.82, 2.24) is 9.78 Å². The molecule has 0 N–H and O–H groups in total. The van der Waals surface area contributed by atoms with Crippen LogP contribution in [-0.4, -0.2) is 15.7 Å². The lowest BCUT2D eigenvalue weighted by atomic mass is 10.4. The van der Waals surface area contributed by atoms with Gasteiger partial charge in [0.05, 0.1) is 28.4 Å². The zero-order chi connectivity index (χ0) is 9.30. The molecule has 0 saturated heterocycles. The van der Waals surface area contributed by atoms with E-state index in [1.165, 1.54) is 4.68 Å². The molecule has 0 radical (unpaired) electrons. The van der Waals surface area contributed by atoms with E-state index in [4.69, 9.17) is 0 Å². The van der Waals surface area contributed by atoms with Crippen molar-refractivity contribution in [3.63, 3.8) is 0 Å². The van der Waals surface area contributed by atoms with E-state index in [2.05, 4.69) is 21.0 Å². The van der Waals surface area contributed by atoms with E-state index >= 15 is 0 Å². The fourth-order valence-electron chi connectivity index (χ4n) is 0.951. The summed E-state index contributed by atoms with van der Waals surface area (Å²) in [6, 6.07) is 0. The number of aromatic nitrogens is 2. The van der Waals surface area contributed by atoms with Gasteiger partial charge < -0.3 is 9.90 Å². The van der Waals surface area contributed by atoms with Crippen LogP contribution in [0.25, 0.3) is 0 Å². The van der Waals surface area contributed by atoms with Gasteiger partial charge in [-0.2, -0.15) is 5.10 Å². The van der Waals surface area contributed by atoms with Gasteiger partial charge in [-0.15, -0.1) is 0 Å². The molecule has 0 saturated carbocycles. The van der Waals surface area contributed by atoms with Gasteiger partial charge in [0.25, 0.3) is 0 Å². The van der Waals surface area contributed by atoms with Gasteiger partial charge in [-0.25, -0.2) is 0 Å². The topological polar surface area (TPSA) is 58.0 Å². The van der Waals surface area contributed by atoms with Gasteiger partial charge in [-0.05, 0) is 29.8 Å². The predicted octanol–water partition coefficient (Wildman–Crippen LogP) is 0.0123. The number of carboxylic acids is 1. The van der Waals surface area contributed by atoms with Gasteiger partial charge >= 0.3 is 0 Å². The lowest BCUT2D eigenvalue weighted by molar-refractivity contribution is -0.306.